The molecule has 0 aromatic carbocycles. The van der Waals surface area contributed by atoms with Gasteiger partial charge in [-0.25, -0.2) is 0 Å². The maximum Gasteiger partial charge on any atom is 0.225 e. The Balaban J connectivity index is 1.81. The van der Waals surface area contributed by atoms with Crippen LogP contribution in [0.5, 0.6) is 0 Å². The third-order valence-electron chi connectivity index (χ3n) is 4.50. The second-order valence-corrected chi connectivity index (χ2v) is 5.49. The molecule has 92 valence electrons. The molecule has 2 saturated carbocycles. The summed E-state index contributed by atoms with van der Waals surface area (Å²) in [6.07, 6.45) is 8.11. The molecule has 0 radical (unpaired) electrons. The van der Waals surface area contributed by atoms with Crippen molar-refractivity contribution in [1.29, 1.82) is 0 Å². The predicted molar refractivity (Wildman–Crippen MR) is 64.9 cm³/mol. The number of carbonyl (C=O) groups is 1. The van der Waals surface area contributed by atoms with E-state index in [1.165, 1.54) is 19.3 Å². The summed E-state index contributed by atoms with van der Waals surface area (Å²) in [6.45, 7) is 0.791. The molecular formula is C13H24N2O. The molecule has 2 rings (SSSR count). The molecule has 0 atom stereocenters. The molecule has 2 aliphatic carbocycles. The summed E-state index contributed by atoms with van der Waals surface area (Å²) in [7, 11) is 1.99. The number of amides is 1. The van der Waals surface area contributed by atoms with Crippen molar-refractivity contribution in [3.63, 3.8) is 0 Å². The van der Waals surface area contributed by atoms with Crippen LogP contribution in [-0.4, -0.2) is 30.4 Å². The highest BCUT2D eigenvalue weighted by molar-refractivity contribution is 5.79. The van der Waals surface area contributed by atoms with Crippen LogP contribution in [0.15, 0.2) is 0 Å². The average Bonchev–Trinajstić information content (AvgIpc) is 2.26. The van der Waals surface area contributed by atoms with Crippen molar-refractivity contribution >= 4 is 5.91 Å². The van der Waals surface area contributed by atoms with Gasteiger partial charge in [-0.3, -0.25) is 4.79 Å². The molecule has 3 nitrogen and oxygen atoms in total. The van der Waals surface area contributed by atoms with Crippen molar-refractivity contribution < 1.29 is 4.79 Å². The molecule has 0 aromatic heterocycles. The smallest absolute Gasteiger partial charge is 0.225 e. The van der Waals surface area contributed by atoms with Crippen LogP contribution in [-0.2, 0) is 4.79 Å². The van der Waals surface area contributed by atoms with Crippen LogP contribution in [0.3, 0.4) is 0 Å². The van der Waals surface area contributed by atoms with Crippen LogP contribution in [0, 0.1) is 11.8 Å². The van der Waals surface area contributed by atoms with E-state index < -0.39 is 0 Å². The molecule has 1 amide bonds. The fourth-order valence-electron chi connectivity index (χ4n) is 2.89. The van der Waals surface area contributed by atoms with Crippen molar-refractivity contribution in [2.75, 3.05) is 13.6 Å². The van der Waals surface area contributed by atoms with E-state index >= 15 is 0 Å². The maximum atomic E-state index is 12.2. The number of nitrogens with two attached hydrogens (primary N) is 1. The minimum absolute atomic E-state index is 0.286. The number of rotatable bonds is 3. The molecular weight excluding hydrogens is 200 g/mol. The normalized spacial score (nSPS) is 30.9. The van der Waals surface area contributed by atoms with Gasteiger partial charge in [0, 0.05) is 19.0 Å². The van der Waals surface area contributed by atoms with Gasteiger partial charge in [-0.15, -0.1) is 0 Å². The predicted octanol–water partition coefficient (Wildman–Crippen LogP) is 1.76. The van der Waals surface area contributed by atoms with Gasteiger partial charge in [0.25, 0.3) is 0 Å². The zero-order chi connectivity index (χ0) is 11.5. The van der Waals surface area contributed by atoms with Gasteiger partial charge in [0.2, 0.25) is 5.91 Å². The standard InChI is InChI=1S/C13H24N2O/c1-15(12-3-2-4-12)13(16)11-7-5-10(9-14)6-8-11/h10-12H,2-9,14H2,1H3. The van der Waals surface area contributed by atoms with Crippen LogP contribution in [0.25, 0.3) is 0 Å². The molecule has 0 aliphatic heterocycles. The van der Waals surface area contributed by atoms with Crippen molar-refractivity contribution in [2.45, 2.75) is 51.0 Å². The van der Waals surface area contributed by atoms with Gasteiger partial charge in [0.05, 0.1) is 0 Å². The van der Waals surface area contributed by atoms with Crippen molar-refractivity contribution in [1.82, 2.24) is 4.90 Å². The first-order valence-corrected chi connectivity index (χ1v) is 6.69. The average molecular weight is 224 g/mol. The van der Waals surface area contributed by atoms with Crippen LogP contribution in [0.2, 0.25) is 0 Å². The van der Waals surface area contributed by atoms with Crippen LogP contribution >= 0.6 is 0 Å². The maximum absolute atomic E-state index is 12.2. The summed E-state index contributed by atoms with van der Waals surface area (Å²) >= 11 is 0. The topological polar surface area (TPSA) is 46.3 Å². The lowest BCUT2D eigenvalue weighted by molar-refractivity contribution is -0.139. The summed E-state index contributed by atoms with van der Waals surface area (Å²) in [5, 5.41) is 0. The molecule has 16 heavy (non-hydrogen) atoms. The summed E-state index contributed by atoms with van der Waals surface area (Å²) in [5.41, 5.74) is 5.67. The zero-order valence-corrected chi connectivity index (χ0v) is 10.3. The summed E-state index contributed by atoms with van der Waals surface area (Å²) < 4.78 is 0. The van der Waals surface area contributed by atoms with Gasteiger partial charge in [0.15, 0.2) is 0 Å². The van der Waals surface area contributed by atoms with E-state index in [0.29, 0.717) is 17.9 Å². The van der Waals surface area contributed by atoms with Crippen molar-refractivity contribution in [3.05, 3.63) is 0 Å². The molecule has 0 heterocycles. The van der Waals surface area contributed by atoms with Crippen molar-refractivity contribution in [2.24, 2.45) is 17.6 Å². The lowest BCUT2D eigenvalue weighted by Gasteiger charge is -2.38. The van der Waals surface area contributed by atoms with E-state index in [1.54, 1.807) is 0 Å². The molecule has 2 fully saturated rings. The molecule has 0 unspecified atom stereocenters. The van der Waals surface area contributed by atoms with E-state index in [1.807, 2.05) is 11.9 Å². The first-order valence-electron chi connectivity index (χ1n) is 6.69. The van der Waals surface area contributed by atoms with Gasteiger partial charge in [-0.2, -0.15) is 0 Å². The second-order valence-electron chi connectivity index (χ2n) is 5.49. The van der Waals surface area contributed by atoms with Crippen LogP contribution in [0.4, 0.5) is 0 Å². The van der Waals surface area contributed by atoms with Crippen LogP contribution < -0.4 is 5.73 Å². The van der Waals surface area contributed by atoms with E-state index in [-0.39, 0.29) is 5.92 Å². The molecule has 0 aromatic rings. The second kappa shape index (κ2) is 5.17. The summed E-state index contributed by atoms with van der Waals surface area (Å²) in [4.78, 5) is 14.2. The lowest BCUT2D eigenvalue weighted by atomic mass is 9.80. The largest absolute Gasteiger partial charge is 0.343 e. The number of hydrogen-bond acceptors (Lipinski definition) is 2. The van der Waals surface area contributed by atoms with Gasteiger partial charge < -0.3 is 10.6 Å². The Bertz CT molecular complexity index is 242. The SMILES string of the molecule is CN(C(=O)C1CCC(CN)CC1)C1CCC1. The van der Waals surface area contributed by atoms with Crippen molar-refractivity contribution in [3.8, 4) is 0 Å². The Morgan fingerprint density at radius 3 is 2.25 bits per heavy atom. The van der Waals surface area contributed by atoms with Gasteiger partial charge in [-0.05, 0) is 57.4 Å². The molecule has 0 spiro atoms. The Hall–Kier alpha value is -0.570. The fourth-order valence-corrected chi connectivity index (χ4v) is 2.89. The Morgan fingerprint density at radius 2 is 1.81 bits per heavy atom. The molecule has 2 N–H and O–H groups in total. The molecule has 3 heteroatoms. The third kappa shape index (κ3) is 2.40. The molecule has 2 aliphatic rings. The molecule has 0 saturated heterocycles. The highest BCUT2D eigenvalue weighted by atomic mass is 16.2. The van der Waals surface area contributed by atoms with E-state index in [9.17, 15) is 4.79 Å². The van der Waals surface area contributed by atoms with Crippen LogP contribution in [0.1, 0.15) is 44.9 Å². The Morgan fingerprint density at radius 1 is 1.19 bits per heavy atom. The molecule has 0 bridgehead atoms. The number of carbonyl (C=O) groups excluding carboxylic acids is 1. The van der Waals surface area contributed by atoms with E-state index in [2.05, 4.69) is 0 Å². The minimum Gasteiger partial charge on any atom is -0.343 e. The quantitative estimate of drug-likeness (QED) is 0.794. The first kappa shape index (κ1) is 11.9. The zero-order valence-electron chi connectivity index (χ0n) is 10.3. The van der Waals surface area contributed by atoms with E-state index in [0.717, 1.165) is 32.2 Å². The van der Waals surface area contributed by atoms with Gasteiger partial charge >= 0.3 is 0 Å². The Labute approximate surface area is 98.4 Å². The lowest BCUT2D eigenvalue weighted by Crippen LogP contribution is -2.45. The highest BCUT2D eigenvalue weighted by Gasteiger charge is 2.32. The fraction of sp³-hybridized carbons (Fsp3) is 0.923. The number of nitrogens with zero attached hydrogens (tertiary/aromatic N) is 1. The van der Waals surface area contributed by atoms with Gasteiger partial charge in [0.1, 0.15) is 0 Å². The van der Waals surface area contributed by atoms with E-state index in [4.69, 9.17) is 5.73 Å². The Kier molecular flexibility index (Phi) is 3.85. The highest BCUT2D eigenvalue weighted by Crippen LogP contribution is 2.31. The summed E-state index contributed by atoms with van der Waals surface area (Å²) in [6, 6.07) is 0.541. The first-order chi connectivity index (χ1) is 7.72. The van der Waals surface area contributed by atoms with Gasteiger partial charge in [-0.1, -0.05) is 0 Å². The third-order valence-corrected chi connectivity index (χ3v) is 4.50. The summed E-state index contributed by atoms with van der Waals surface area (Å²) in [5.74, 6) is 1.34. The monoisotopic (exact) mass is 224 g/mol. The minimum atomic E-state index is 0.286. The number of hydrogen-bond donors (Lipinski definition) is 1.